The van der Waals surface area contributed by atoms with Crippen LogP contribution >= 0.6 is 11.3 Å². The Morgan fingerprint density at radius 2 is 2.00 bits per heavy atom. The van der Waals surface area contributed by atoms with Gasteiger partial charge in [0.15, 0.2) is 0 Å². The number of hydrogen-bond acceptors (Lipinski definition) is 3. The molecular formula is C14H10O2S. The second-order valence-electron chi connectivity index (χ2n) is 3.88. The molecule has 0 spiro atoms. The van der Waals surface area contributed by atoms with Crippen molar-refractivity contribution < 1.29 is 9.21 Å². The summed E-state index contributed by atoms with van der Waals surface area (Å²) in [6.07, 6.45) is 1.54. The Kier molecular flexibility index (Phi) is 2.34. The lowest BCUT2D eigenvalue weighted by Crippen LogP contribution is -1.96. The molecule has 2 nitrogen and oxygen atoms in total. The third-order valence-electron chi connectivity index (χ3n) is 2.69. The van der Waals surface area contributed by atoms with Crippen molar-refractivity contribution in [3.8, 4) is 0 Å². The molecule has 2 heterocycles. The lowest BCUT2D eigenvalue weighted by Gasteiger charge is -1.94. The molecule has 0 aliphatic heterocycles. The van der Waals surface area contributed by atoms with Gasteiger partial charge in [-0.05, 0) is 25.1 Å². The summed E-state index contributed by atoms with van der Waals surface area (Å²) < 4.78 is 5.38. The summed E-state index contributed by atoms with van der Waals surface area (Å²) in [5.74, 6) is 0.0352. The highest BCUT2D eigenvalue weighted by Gasteiger charge is 2.16. The van der Waals surface area contributed by atoms with Gasteiger partial charge in [-0.3, -0.25) is 4.79 Å². The smallest absolute Gasteiger partial charge is 0.206 e. The van der Waals surface area contributed by atoms with Crippen molar-refractivity contribution in [1.82, 2.24) is 0 Å². The van der Waals surface area contributed by atoms with Gasteiger partial charge in [-0.1, -0.05) is 18.2 Å². The molecule has 84 valence electrons. The maximum absolute atomic E-state index is 12.3. The molecule has 0 fully saturated rings. The van der Waals surface area contributed by atoms with Crippen molar-refractivity contribution in [1.29, 1.82) is 0 Å². The molecule has 17 heavy (non-hydrogen) atoms. The Balaban J connectivity index is 2.13. The summed E-state index contributed by atoms with van der Waals surface area (Å²) in [4.78, 5) is 14.2. The van der Waals surface area contributed by atoms with Crippen LogP contribution in [0.3, 0.4) is 0 Å². The van der Waals surface area contributed by atoms with E-state index in [1.54, 1.807) is 6.26 Å². The minimum Gasteiger partial charge on any atom is -0.464 e. The predicted octanol–water partition coefficient (Wildman–Crippen LogP) is 4.03. The van der Waals surface area contributed by atoms with Crippen LogP contribution in [0.15, 0.2) is 47.1 Å². The van der Waals surface area contributed by atoms with Gasteiger partial charge < -0.3 is 4.42 Å². The summed E-state index contributed by atoms with van der Waals surface area (Å²) in [6, 6.07) is 11.4. The van der Waals surface area contributed by atoms with Crippen LogP contribution in [0.2, 0.25) is 0 Å². The van der Waals surface area contributed by atoms with E-state index in [4.69, 9.17) is 4.42 Å². The number of rotatable bonds is 2. The molecule has 3 heteroatoms. The Labute approximate surface area is 102 Å². The van der Waals surface area contributed by atoms with E-state index in [0.717, 1.165) is 20.7 Å². The van der Waals surface area contributed by atoms with Gasteiger partial charge in [-0.25, -0.2) is 0 Å². The van der Waals surface area contributed by atoms with Crippen LogP contribution in [0.5, 0.6) is 0 Å². The molecule has 0 N–H and O–H groups in total. The maximum Gasteiger partial charge on any atom is 0.206 e. The number of carbonyl (C=O) groups excluding carboxylic acids is 1. The number of fused-ring (bicyclic) bond motifs is 1. The van der Waals surface area contributed by atoms with Crippen LogP contribution in [0.1, 0.15) is 20.1 Å². The van der Waals surface area contributed by atoms with Crippen molar-refractivity contribution in [2.24, 2.45) is 0 Å². The SMILES string of the molecule is Cc1ccc(C(=O)c2coc3ccccc23)s1. The minimum atomic E-state index is 0.0352. The molecule has 0 bridgehead atoms. The third-order valence-corrected chi connectivity index (χ3v) is 3.69. The van der Waals surface area contributed by atoms with E-state index < -0.39 is 0 Å². The molecule has 1 aromatic carbocycles. The third kappa shape index (κ3) is 1.68. The highest BCUT2D eigenvalue weighted by Crippen LogP contribution is 2.26. The monoisotopic (exact) mass is 242 g/mol. The Morgan fingerprint density at radius 1 is 1.18 bits per heavy atom. The van der Waals surface area contributed by atoms with Gasteiger partial charge in [-0.2, -0.15) is 0 Å². The first-order chi connectivity index (χ1) is 8.25. The molecule has 0 amide bonds. The molecule has 0 aliphatic rings. The zero-order valence-electron chi connectivity index (χ0n) is 9.27. The van der Waals surface area contributed by atoms with Gasteiger partial charge in [0.25, 0.3) is 0 Å². The Bertz CT molecular complexity index is 691. The Hall–Kier alpha value is -1.87. The van der Waals surface area contributed by atoms with Crippen molar-refractivity contribution in [3.63, 3.8) is 0 Å². The zero-order chi connectivity index (χ0) is 11.8. The van der Waals surface area contributed by atoms with Gasteiger partial charge in [0, 0.05) is 10.3 Å². The van der Waals surface area contributed by atoms with E-state index in [0.29, 0.717) is 5.56 Å². The van der Waals surface area contributed by atoms with Gasteiger partial charge in [-0.15, -0.1) is 11.3 Å². The van der Waals surface area contributed by atoms with Crippen molar-refractivity contribution in [3.05, 3.63) is 58.0 Å². The number of furan rings is 1. The molecule has 0 atom stereocenters. The number of benzene rings is 1. The summed E-state index contributed by atoms with van der Waals surface area (Å²) in [7, 11) is 0. The van der Waals surface area contributed by atoms with Gasteiger partial charge in [0.05, 0.1) is 10.4 Å². The molecule has 3 aromatic rings. The van der Waals surface area contributed by atoms with E-state index in [2.05, 4.69) is 0 Å². The largest absolute Gasteiger partial charge is 0.464 e. The maximum atomic E-state index is 12.3. The fraction of sp³-hybridized carbons (Fsp3) is 0.0714. The Morgan fingerprint density at radius 3 is 2.76 bits per heavy atom. The van der Waals surface area contributed by atoms with Gasteiger partial charge in [0.2, 0.25) is 5.78 Å². The fourth-order valence-electron chi connectivity index (χ4n) is 1.84. The predicted molar refractivity (Wildman–Crippen MR) is 68.7 cm³/mol. The topological polar surface area (TPSA) is 30.2 Å². The van der Waals surface area contributed by atoms with E-state index >= 15 is 0 Å². The van der Waals surface area contributed by atoms with Crippen LogP contribution in [-0.4, -0.2) is 5.78 Å². The molecule has 0 radical (unpaired) electrons. The lowest BCUT2D eigenvalue weighted by molar-refractivity contribution is 0.104. The van der Waals surface area contributed by atoms with Crippen LogP contribution in [0.4, 0.5) is 0 Å². The zero-order valence-corrected chi connectivity index (χ0v) is 10.1. The van der Waals surface area contributed by atoms with E-state index in [9.17, 15) is 4.79 Å². The molecular weight excluding hydrogens is 232 g/mol. The summed E-state index contributed by atoms with van der Waals surface area (Å²) in [5.41, 5.74) is 1.39. The van der Waals surface area contributed by atoms with Gasteiger partial charge in [0.1, 0.15) is 11.8 Å². The second-order valence-corrected chi connectivity index (χ2v) is 5.17. The lowest BCUT2D eigenvalue weighted by atomic mass is 10.1. The number of carbonyl (C=O) groups is 1. The van der Waals surface area contributed by atoms with E-state index in [1.807, 2.05) is 43.3 Å². The first kappa shape index (κ1) is 10.3. The average Bonchev–Trinajstić information content (AvgIpc) is 2.94. The quantitative estimate of drug-likeness (QED) is 0.635. The van der Waals surface area contributed by atoms with Crippen LogP contribution < -0.4 is 0 Å². The van der Waals surface area contributed by atoms with Crippen molar-refractivity contribution in [2.75, 3.05) is 0 Å². The average molecular weight is 242 g/mol. The molecule has 2 aromatic heterocycles. The number of para-hydroxylation sites is 1. The van der Waals surface area contributed by atoms with Crippen molar-refractivity contribution >= 4 is 28.1 Å². The highest BCUT2D eigenvalue weighted by molar-refractivity contribution is 7.14. The van der Waals surface area contributed by atoms with Crippen LogP contribution in [0.25, 0.3) is 11.0 Å². The summed E-state index contributed by atoms with van der Waals surface area (Å²) in [5, 5.41) is 0.878. The standard InChI is InChI=1S/C14H10O2S/c1-9-6-7-13(17-9)14(15)11-8-16-12-5-3-2-4-10(11)12/h2-8H,1H3. The number of hydrogen-bond donors (Lipinski definition) is 0. The molecule has 0 aliphatic carbocycles. The van der Waals surface area contributed by atoms with Crippen LogP contribution in [-0.2, 0) is 0 Å². The summed E-state index contributed by atoms with van der Waals surface area (Å²) >= 11 is 1.51. The molecule has 0 saturated heterocycles. The number of aryl methyl sites for hydroxylation is 1. The van der Waals surface area contributed by atoms with E-state index in [-0.39, 0.29) is 5.78 Å². The normalized spacial score (nSPS) is 10.9. The molecule has 3 rings (SSSR count). The highest BCUT2D eigenvalue weighted by atomic mass is 32.1. The molecule has 0 saturated carbocycles. The van der Waals surface area contributed by atoms with Crippen molar-refractivity contribution in [2.45, 2.75) is 6.92 Å². The number of thiophene rings is 1. The van der Waals surface area contributed by atoms with Gasteiger partial charge >= 0.3 is 0 Å². The second kappa shape index (κ2) is 3.86. The first-order valence-corrected chi connectivity index (χ1v) is 6.15. The van der Waals surface area contributed by atoms with Crippen LogP contribution in [0, 0.1) is 6.92 Å². The minimum absolute atomic E-state index is 0.0352. The fourth-order valence-corrected chi connectivity index (χ4v) is 2.66. The van der Waals surface area contributed by atoms with E-state index in [1.165, 1.54) is 11.3 Å². The summed E-state index contributed by atoms with van der Waals surface area (Å²) in [6.45, 7) is 1.99. The number of ketones is 1. The molecule has 0 unspecified atom stereocenters. The first-order valence-electron chi connectivity index (χ1n) is 5.33.